The van der Waals surface area contributed by atoms with Gasteiger partial charge < -0.3 is 0 Å². The lowest BCUT2D eigenvalue weighted by molar-refractivity contribution is 0.0990. The second-order valence-corrected chi connectivity index (χ2v) is 4.81. The fourth-order valence-corrected chi connectivity index (χ4v) is 2.35. The lowest BCUT2D eigenvalue weighted by atomic mass is 10.0. The van der Waals surface area contributed by atoms with Crippen LogP contribution in [0.2, 0.25) is 0 Å². The maximum atomic E-state index is 13.4. The summed E-state index contributed by atoms with van der Waals surface area (Å²) in [6.45, 7) is 1.82. The van der Waals surface area contributed by atoms with Crippen LogP contribution in [0.1, 0.15) is 20.8 Å². The highest BCUT2D eigenvalue weighted by molar-refractivity contribution is 7.10. The molecule has 88 valence electrons. The van der Waals surface area contributed by atoms with Gasteiger partial charge in [0.25, 0.3) is 0 Å². The molecule has 0 saturated heterocycles. The Labute approximate surface area is 102 Å². The van der Waals surface area contributed by atoms with Gasteiger partial charge >= 0.3 is 0 Å². The third-order valence-electron chi connectivity index (χ3n) is 2.56. The Morgan fingerprint density at radius 2 is 1.88 bits per heavy atom. The van der Waals surface area contributed by atoms with E-state index in [-0.39, 0.29) is 17.8 Å². The largest absolute Gasteiger partial charge is 0.294 e. The van der Waals surface area contributed by atoms with Crippen molar-refractivity contribution in [2.24, 2.45) is 0 Å². The number of Topliss-reactive ketones (excluding diaryl/α,β-unsaturated/α-hetero) is 1. The van der Waals surface area contributed by atoms with E-state index in [4.69, 9.17) is 0 Å². The molecular formula is C13H10F2OS. The maximum absolute atomic E-state index is 13.4. The standard InChI is InChI=1S/C13H10F2OS/c1-8-9(5-6-17-8)13(16)7-10-11(14)3-2-4-12(10)15/h2-6H,7H2,1H3. The molecule has 0 bridgehead atoms. The Balaban J connectivity index is 2.28. The Bertz CT molecular complexity index is 540. The Morgan fingerprint density at radius 3 is 2.41 bits per heavy atom. The van der Waals surface area contributed by atoms with Gasteiger partial charge in [-0.25, -0.2) is 8.78 Å². The lowest BCUT2D eigenvalue weighted by Gasteiger charge is -2.04. The summed E-state index contributed by atoms with van der Waals surface area (Å²) in [4.78, 5) is 12.7. The number of ketones is 1. The number of carbonyl (C=O) groups excluding carboxylic acids is 1. The van der Waals surface area contributed by atoms with Crippen molar-refractivity contribution in [1.29, 1.82) is 0 Å². The topological polar surface area (TPSA) is 17.1 Å². The number of aryl methyl sites for hydroxylation is 1. The van der Waals surface area contributed by atoms with Gasteiger partial charge in [0.05, 0.1) is 0 Å². The Hall–Kier alpha value is -1.55. The molecule has 1 aromatic heterocycles. The highest BCUT2D eigenvalue weighted by Crippen LogP contribution is 2.19. The predicted octanol–water partition coefficient (Wildman–Crippen LogP) is 3.76. The molecule has 0 radical (unpaired) electrons. The van der Waals surface area contributed by atoms with Crippen molar-refractivity contribution in [3.8, 4) is 0 Å². The van der Waals surface area contributed by atoms with E-state index < -0.39 is 11.6 Å². The van der Waals surface area contributed by atoms with Crippen LogP contribution in [0.4, 0.5) is 8.78 Å². The monoisotopic (exact) mass is 252 g/mol. The summed E-state index contributed by atoms with van der Waals surface area (Å²) in [5.74, 6) is -1.61. The van der Waals surface area contributed by atoms with Crippen LogP contribution in [-0.4, -0.2) is 5.78 Å². The minimum Gasteiger partial charge on any atom is -0.294 e. The zero-order valence-electron chi connectivity index (χ0n) is 9.17. The van der Waals surface area contributed by atoms with Crippen molar-refractivity contribution in [2.75, 3.05) is 0 Å². The zero-order chi connectivity index (χ0) is 12.4. The summed E-state index contributed by atoms with van der Waals surface area (Å²) in [5.41, 5.74) is 0.376. The maximum Gasteiger partial charge on any atom is 0.168 e. The molecule has 1 aromatic carbocycles. The van der Waals surface area contributed by atoms with Gasteiger partial charge in [-0.3, -0.25) is 4.79 Å². The SMILES string of the molecule is Cc1sccc1C(=O)Cc1c(F)cccc1F. The van der Waals surface area contributed by atoms with Crippen molar-refractivity contribution in [3.05, 3.63) is 57.3 Å². The Morgan fingerprint density at radius 1 is 1.24 bits per heavy atom. The molecule has 0 amide bonds. The van der Waals surface area contributed by atoms with Gasteiger partial charge in [0.1, 0.15) is 11.6 Å². The van der Waals surface area contributed by atoms with Crippen LogP contribution in [0.15, 0.2) is 29.6 Å². The minimum atomic E-state index is -0.675. The van der Waals surface area contributed by atoms with E-state index in [9.17, 15) is 13.6 Å². The fourth-order valence-electron chi connectivity index (χ4n) is 1.63. The van der Waals surface area contributed by atoms with Gasteiger partial charge in [-0.2, -0.15) is 0 Å². The first kappa shape index (κ1) is 11.9. The van der Waals surface area contributed by atoms with E-state index in [1.165, 1.54) is 17.4 Å². The number of carbonyl (C=O) groups is 1. The summed E-state index contributed by atoms with van der Waals surface area (Å²) in [5, 5.41) is 1.79. The normalized spacial score (nSPS) is 10.5. The first-order valence-corrected chi connectivity index (χ1v) is 5.97. The summed E-state index contributed by atoms with van der Waals surface area (Å²) in [6, 6.07) is 5.29. The molecule has 0 aliphatic heterocycles. The second kappa shape index (κ2) is 4.75. The number of hydrogen-bond donors (Lipinski definition) is 0. The van der Waals surface area contributed by atoms with Crippen LogP contribution in [0, 0.1) is 18.6 Å². The van der Waals surface area contributed by atoms with Crippen molar-refractivity contribution in [1.82, 2.24) is 0 Å². The summed E-state index contributed by atoms with van der Waals surface area (Å²) < 4.78 is 26.7. The molecule has 0 fully saturated rings. The number of hydrogen-bond acceptors (Lipinski definition) is 2. The molecule has 17 heavy (non-hydrogen) atoms. The number of thiophene rings is 1. The van der Waals surface area contributed by atoms with Crippen LogP contribution >= 0.6 is 11.3 Å². The zero-order valence-corrected chi connectivity index (χ0v) is 9.98. The quantitative estimate of drug-likeness (QED) is 0.760. The molecular weight excluding hydrogens is 242 g/mol. The number of benzene rings is 1. The third-order valence-corrected chi connectivity index (χ3v) is 3.40. The van der Waals surface area contributed by atoms with Crippen molar-refractivity contribution in [2.45, 2.75) is 13.3 Å². The first-order chi connectivity index (χ1) is 8.09. The molecule has 0 unspecified atom stereocenters. The number of rotatable bonds is 3. The molecule has 0 atom stereocenters. The molecule has 1 heterocycles. The highest BCUT2D eigenvalue weighted by atomic mass is 32.1. The van der Waals surface area contributed by atoms with Crippen LogP contribution in [0.25, 0.3) is 0 Å². The number of halogens is 2. The first-order valence-electron chi connectivity index (χ1n) is 5.10. The molecule has 0 N–H and O–H groups in total. The molecule has 0 aliphatic carbocycles. The van der Waals surface area contributed by atoms with Crippen LogP contribution in [0.5, 0.6) is 0 Å². The molecule has 4 heteroatoms. The van der Waals surface area contributed by atoms with Crippen molar-refractivity contribution in [3.63, 3.8) is 0 Å². The van der Waals surface area contributed by atoms with Crippen LogP contribution < -0.4 is 0 Å². The third kappa shape index (κ3) is 2.42. The fraction of sp³-hybridized carbons (Fsp3) is 0.154. The summed E-state index contributed by atoms with van der Waals surface area (Å²) in [6.07, 6.45) is -0.240. The van der Waals surface area contributed by atoms with E-state index in [1.54, 1.807) is 11.4 Å². The smallest absolute Gasteiger partial charge is 0.168 e. The van der Waals surface area contributed by atoms with E-state index in [0.717, 1.165) is 17.0 Å². The van der Waals surface area contributed by atoms with E-state index in [1.807, 2.05) is 6.92 Å². The summed E-state index contributed by atoms with van der Waals surface area (Å²) in [7, 11) is 0. The average Bonchev–Trinajstić information content (AvgIpc) is 2.70. The van der Waals surface area contributed by atoms with Gasteiger partial charge in [-0.1, -0.05) is 6.07 Å². The highest BCUT2D eigenvalue weighted by Gasteiger charge is 2.16. The molecule has 0 aliphatic rings. The van der Waals surface area contributed by atoms with Gasteiger partial charge in [0, 0.05) is 22.4 Å². The minimum absolute atomic E-state index is 0.164. The van der Waals surface area contributed by atoms with Gasteiger partial charge in [-0.15, -0.1) is 11.3 Å². The van der Waals surface area contributed by atoms with Gasteiger partial charge in [0.2, 0.25) is 0 Å². The van der Waals surface area contributed by atoms with Crippen LogP contribution in [-0.2, 0) is 6.42 Å². The van der Waals surface area contributed by atoms with Gasteiger partial charge in [-0.05, 0) is 30.5 Å². The van der Waals surface area contributed by atoms with E-state index in [0.29, 0.717) is 5.56 Å². The molecule has 0 saturated carbocycles. The van der Waals surface area contributed by atoms with Crippen molar-refractivity contribution < 1.29 is 13.6 Å². The average molecular weight is 252 g/mol. The second-order valence-electron chi connectivity index (χ2n) is 3.69. The molecule has 2 aromatic rings. The van der Waals surface area contributed by atoms with E-state index >= 15 is 0 Å². The molecule has 2 rings (SSSR count). The van der Waals surface area contributed by atoms with E-state index in [2.05, 4.69) is 0 Å². The van der Waals surface area contributed by atoms with Gasteiger partial charge in [0.15, 0.2) is 5.78 Å². The van der Waals surface area contributed by atoms with Crippen LogP contribution in [0.3, 0.4) is 0 Å². The lowest BCUT2D eigenvalue weighted by Crippen LogP contribution is -2.07. The predicted molar refractivity (Wildman–Crippen MR) is 63.4 cm³/mol. The Kier molecular flexibility index (Phi) is 3.33. The molecule has 0 spiro atoms. The summed E-state index contributed by atoms with van der Waals surface area (Å²) >= 11 is 1.44. The van der Waals surface area contributed by atoms with Crippen molar-refractivity contribution >= 4 is 17.1 Å². The molecule has 1 nitrogen and oxygen atoms in total.